The van der Waals surface area contributed by atoms with Gasteiger partial charge in [0.1, 0.15) is 10.3 Å². The Labute approximate surface area is 158 Å². The molecule has 0 saturated heterocycles. The van der Waals surface area contributed by atoms with Crippen LogP contribution in [0, 0.1) is 0 Å². The van der Waals surface area contributed by atoms with Gasteiger partial charge >= 0.3 is 0 Å². The van der Waals surface area contributed by atoms with Crippen molar-refractivity contribution in [2.75, 3.05) is 5.32 Å². The van der Waals surface area contributed by atoms with Crippen molar-refractivity contribution in [3.05, 3.63) is 59.6 Å². The summed E-state index contributed by atoms with van der Waals surface area (Å²) in [6, 6.07) is 17.2. The normalized spacial score (nSPS) is 16.7. The van der Waals surface area contributed by atoms with Crippen molar-refractivity contribution in [1.82, 2.24) is 4.98 Å². The van der Waals surface area contributed by atoms with Crippen LogP contribution in [0.5, 0.6) is 0 Å². The maximum atomic E-state index is 12.2. The van der Waals surface area contributed by atoms with Crippen LogP contribution in [0.2, 0.25) is 0 Å². The summed E-state index contributed by atoms with van der Waals surface area (Å²) >= 11 is 2.98. The molecular formula is C19H15N3O2S2. The number of thioether (sulfide) groups is 1. The molecule has 5 nitrogen and oxygen atoms in total. The monoisotopic (exact) mass is 381 g/mol. The number of hydrogen-bond donors (Lipinski definition) is 1. The van der Waals surface area contributed by atoms with Gasteiger partial charge in [0, 0.05) is 18.5 Å². The lowest BCUT2D eigenvalue weighted by molar-refractivity contribution is -0.121. The number of anilines is 1. The number of rotatable bonds is 5. The molecule has 1 aliphatic rings. The Bertz CT molecular complexity index is 965. The van der Waals surface area contributed by atoms with Crippen LogP contribution in [0.4, 0.5) is 5.69 Å². The summed E-state index contributed by atoms with van der Waals surface area (Å²) in [6.45, 7) is 0. The van der Waals surface area contributed by atoms with Crippen LogP contribution in [-0.2, 0) is 16.0 Å². The molecule has 7 heteroatoms. The summed E-state index contributed by atoms with van der Waals surface area (Å²) in [5.41, 5.74) is 1.68. The number of aliphatic imine (C=N–C) groups is 1. The molecule has 0 aliphatic carbocycles. The summed E-state index contributed by atoms with van der Waals surface area (Å²) in [5, 5.41) is 4.01. The first-order valence-electron chi connectivity index (χ1n) is 8.15. The number of amides is 2. The zero-order valence-electron chi connectivity index (χ0n) is 13.7. The number of hydrogen-bond acceptors (Lipinski definition) is 5. The lowest BCUT2D eigenvalue weighted by atomic mass is 10.2. The maximum absolute atomic E-state index is 12.2. The quantitative estimate of drug-likeness (QED) is 0.727. The average molecular weight is 381 g/mol. The number of para-hydroxylation sites is 2. The Morgan fingerprint density at radius 1 is 1.08 bits per heavy atom. The van der Waals surface area contributed by atoms with Gasteiger partial charge in [-0.15, -0.1) is 11.3 Å². The fraction of sp³-hybridized carbons (Fsp3) is 0.158. The van der Waals surface area contributed by atoms with Crippen LogP contribution in [-0.4, -0.2) is 27.1 Å². The minimum atomic E-state index is -0.455. The fourth-order valence-electron chi connectivity index (χ4n) is 2.67. The highest BCUT2D eigenvalue weighted by Crippen LogP contribution is 2.30. The third kappa shape index (κ3) is 3.84. The van der Waals surface area contributed by atoms with E-state index in [9.17, 15) is 9.59 Å². The highest BCUT2D eigenvalue weighted by atomic mass is 32.2. The first kappa shape index (κ1) is 16.9. The molecule has 2 amide bonds. The van der Waals surface area contributed by atoms with Crippen LogP contribution in [0.25, 0.3) is 10.2 Å². The number of nitrogens with one attached hydrogen (secondary N) is 1. The van der Waals surface area contributed by atoms with Crippen molar-refractivity contribution in [2.45, 2.75) is 18.1 Å². The average Bonchev–Trinajstić information content (AvgIpc) is 3.18. The molecule has 1 N–H and O–H groups in total. The van der Waals surface area contributed by atoms with E-state index < -0.39 is 5.25 Å². The second kappa shape index (κ2) is 7.39. The fourth-order valence-corrected chi connectivity index (χ4v) is 4.82. The summed E-state index contributed by atoms with van der Waals surface area (Å²) in [6.07, 6.45) is 0.651. The Morgan fingerprint density at radius 3 is 2.65 bits per heavy atom. The van der Waals surface area contributed by atoms with Gasteiger partial charge in [-0.3, -0.25) is 9.59 Å². The van der Waals surface area contributed by atoms with Gasteiger partial charge in [-0.2, -0.15) is 0 Å². The molecule has 0 unspecified atom stereocenters. The standard InChI is InChI=1S/C19H15N3O2S2/c23-16(20-12-6-2-1-3-7-12)10-15-19(24)22-18(26-15)11-17-21-13-8-4-5-9-14(13)25-17/h1-9,15H,10-11H2,(H,20,23)/t15-/m0/s1. The molecule has 1 atom stereocenters. The van der Waals surface area contributed by atoms with Gasteiger partial charge in [-0.05, 0) is 24.3 Å². The highest BCUT2D eigenvalue weighted by molar-refractivity contribution is 8.15. The van der Waals surface area contributed by atoms with Gasteiger partial charge in [0.05, 0.1) is 15.3 Å². The molecule has 0 bridgehead atoms. The lowest BCUT2D eigenvalue weighted by Gasteiger charge is -2.08. The minimum absolute atomic E-state index is 0.116. The molecule has 2 heterocycles. The van der Waals surface area contributed by atoms with E-state index in [2.05, 4.69) is 15.3 Å². The molecule has 0 spiro atoms. The Hall–Kier alpha value is -2.51. The molecule has 2 aromatic carbocycles. The number of benzene rings is 2. The maximum Gasteiger partial charge on any atom is 0.260 e. The number of carbonyl (C=O) groups excluding carboxylic acids is 2. The summed E-state index contributed by atoms with van der Waals surface area (Å²) in [4.78, 5) is 33.0. The second-order valence-electron chi connectivity index (χ2n) is 5.82. The number of nitrogens with zero attached hydrogens (tertiary/aromatic N) is 2. The smallest absolute Gasteiger partial charge is 0.260 e. The zero-order chi connectivity index (χ0) is 17.9. The number of aromatic nitrogens is 1. The van der Waals surface area contributed by atoms with E-state index in [1.807, 2.05) is 54.6 Å². The molecule has 1 aliphatic heterocycles. The van der Waals surface area contributed by atoms with Gasteiger partial charge < -0.3 is 5.32 Å². The highest BCUT2D eigenvalue weighted by Gasteiger charge is 2.30. The Morgan fingerprint density at radius 2 is 1.85 bits per heavy atom. The van der Waals surface area contributed by atoms with Gasteiger partial charge in [0.15, 0.2) is 0 Å². The molecule has 0 saturated carbocycles. The third-order valence-corrected chi connectivity index (χ3v) is 6.05. The van der Waals surface area contributed by atoms with Crippen molar-refractivity contribution >= 4 is 55.9 Å². The van der Waals surface area contributed by atoms with Crippen LogP contribution < -0.4 is 5.32 Å². The largest absolute Gasteiger partial charge is 0.326 e. The SMILES string of the molecule is O=C(C[C@@H]1SC(Cc2nc3ccccc3s2)=NC1=O)Nc1ccccc1. The lowest BCUT2D eigenvalue weighted by Crippen LogP contribution is -2.21. The minimum Gasteiger partial charge on any atom is -0.326 e. The third-order valence-electron chi connectivity index (χ3n) is 3.86. The Balaban J connectivity index is 1.36. The second-order valence-corrected chi connectivity index (χ2v) is 8.21. The molecule has 4 rings (SSSR count). The predicted octanol–water partition coefficient (Wildman–Crippen LogP) is 3.91. The molecule has 1 aromatic heterocycles. The van der Waals surface area contributed by atoms with Crippen LogP contribution in [0.3, 0.4) is 0 Å². The van der Waals surface area contributed by atoms with E-state index in [4.69, 9.17) is 0 Å². The van der Waals surface area contributed by atoms with Crippen molar-refractivity contribution in [3.8, 4) is 0 Å². The van der Waals surface area contributed by atoms with E-state index in [1.54, 1.807) is 11.3 Å². The summed E-state index contributed by atoms with van der Waals surface area (Å²) in [5.74, 6) is -0.423. The topological polar surface area (TPSA) is 71.4 Å². The van der Waals surface area contributed by atoms with E-state index in [0.29, 0.717) is 6.42 Å². The van der Waals surface area contributed by atoms with Crippen LogP contribution in [0.1, 0.15) is 11.4 Å². The van der Waals surface area contributed by atoms with Gasteiger partial charge in [-0.25, -0.2) is 9.98 Å². The predicted molar refractivity (Wildman–Crippen MR) is 107 cm³/mol. The van der Waals surface area contributed by atoms with Crippen molar-refractivity contribution in [1.29, 1.82) is 0 Å². The summed E-state index contributed by atoms with van der Waals surface area (Å²) in [7, 11) is 0. The molecule has 0 fully saturated rings. The number of carbonyl (C=O) groups is 2. The van der Waals surface area contributed by atoms with E-state index >= 15 is 0 Å². The van der Waals surface area contributed by atoms with E-state index in [-0.39, 0.29) is 18.2 Å². The van der Waals surface area contributed by atoms with Crippen molar-refractivity contribution in [2.24, 2.45) is 4.99 Å². The van der Waals surface area contributed by atoms with Crippen molar-refractivity contribution in [3.63, 3.8) is 0 Å². The zero-order valence-corrected chi connectivity index (χ0v) is 15.3. The molecule has 26 heavy (non-hydrogen) atoms. The molecule has 0 radical (unpaired) electrons. The van der Waals surface area contributed by atoms with E-state index in [0.717, 1.165) is 26.0 Å². The van der Waals surface area contributed by atoms with Gasteiger partial charge in [-0.1, -0.05) is 42.1 Å². The number of thiazole rings is 1. The van der Waals surface area contributed by atoms with E-state index in [1.165, 1.54) is 11.8 Å². The first-order valence-corrected chi connectivity index (χ1v) is 9.84. The van der Waals surface area contributed by atoms with Crippen LogP contribution in [0.15, 0.2) is 59.6 Å². The molecular weight excluding hydrogens is 366 g/mol. The van der Waals surface area contributed by atoms with Crippen LogP contribution >= 0.6 is 23.1 Å². The van der Waals surface area contributed by atoms with Gasteiger partial charge in [0.2, 0.25) is 5.91 Å². The van der Waals surface area contributed by atoms with Crippen molar-refractivity contribution < 1.29 is 9.59 Å². The molecule has 130 valence electrons. The summed E-state index contributed by atoms with van der Waals surface area (Å²) < 4.78 is 1.12. The molecule has 3 aromatic rings. The Kier molecular flexibility index (Phi) is 4.81. The van der Waals surface area contributed by atoms with Gasteiger partial charge in [0.25, 0.3) is 5.91 Å². The first-order chi connectivity index (χ1) is 12.7. The number of fused-ring (bicyclic) bond motifs is 1.